The van der Waals surface area contributed by atoms with Gasteiger partial charge in [0, 0.05) is 31.9 Å². The number of ether oxygens (including phenoxy) is 1. The highest BCUT2D eigenvalue weighted by Crippen LogP contribution is 2.27. The Bertz CT molecular complexity index is 854. The number of nitrogens with zero attached hydrogens (tertiary/aromatic N) is 4. The second kappa shape index (κ2) is 10.7. The number of benzene rings is 1. The fourth-order valence-electron chi connectivity index (χ4n) is 2.81. The number of thioether (sulfide) groups is 1. The van der Waals surface area contributed by atoms with E-state index in [1.165, 1.54) is 47.4 Å². The lowest BCUT2D eigenvalue weighted by atomic mass is 10.3. The third-order valence-corrected chi connectivity index (χ3v) is 6.20. The number of piperazine rings is 1. The van der Waals surface area contributed by atoms with Crippen LogP contribution < -0.4 is 10.1 Å². The molecule has 2 heterocycles. The summed E-state index contributed by atoms with van der Waals surface area (Å²) >= 11 is 2.69. The molecule has 1 N–H and O–H groups in total. The van der Waals surface area contributed by atoms with Crippen molar-refractivity contribution in [1.29, 1.82) is 0 Å². The molecule has 30 heavy (non-hydrogen) atoms. The van der Waals surface area contributed by atoms with Gasteiger partial charge in [0.15, 0.2) is 4.34 Å². The molecule has 1 fully saturated rings. The molecule has 0 radical (unpaired) electrons. The zero-order valence-corrected chi connectivity index (χ0v) is 18.5. The van der Waals surface area contributed by atoms with Crippen LogP contribution in [0.2, 0.25) is 0 Å². The van der Waals surface area contributed by atoms with Crippen molar-refractivity contribution in [2.75, 3.05) is 43.8 Å². The van der Waals surface area contributed by atoms with Crippen molar-refractivity contribution >= 4 is 40.6 Å². The Morgan fingerprint density at radius 2 is 1.90 bits per heavy atom. The summed E-state index contributed by atoms with van der Waals surface area (Å²) in [6, 6.07) is 5.66. The lowest BCUT2D eigenvalue weighted by Gasteiger charge is -2.34. The van der Waals surface area contributed by atoms with Crippen LogP contribution in [0.1, 0.15) is 13.8 Å². The van der Waals surface area contributed by atoms with Gasteiger partial charge in [0.2, 0.25) is 11.8 Å². The maximum Gasteiger partial charge on any atom is 0.295 e. The van der Waals surface area contributed by atoms with Crippen LogP contribution in [-0.2, 0) is 9.59 Å². The minimum absolute atomic E-state index is 0.0338. The van der Waals surface area contributed by atoms with Gasteiger partial charge in [-0.1, -0.05) is 16.9 Å². The van der Waals surface area contributed by atoms with Crippen molar-refractivity contribution in [3.63, 3.8) is 0 Å². The second-order valence-electron chi connectivity index (χ2n) is 7.00. The molecule has 1 aromatic heterocycles. The molecule has 0 unspecified atom stereocenters. The van der Waals surface area contributed by atoms with Crippen LogP contribution in [-0.4, -0.2) is 76.4 Å². The Hall–Kier alpha value is -2.24. The quantitative estimate of drug-likeness (QED) is 0.614. The Morgan fingerprint density at radius 3 is 2.57 bits per heavy atom. The van der Waals surface area contributed by atoms with Crippen molar-refractivity contribution in [2.24, 2.45) is 0 Å². The van der Waals surface area contributed by atoms with Gasteiger partial charge in [-0.3, -0.25) is 14.5 Å². The SMILES string of the molecule is CC(C)Oc1nnc(SCC(=O)N2CCN(CC(=O)Nc3ccc(F)cc3)CC2)s1. The highest BCUT2D eigenvalue weighted by Gasteiger charge is 2.23. The number of hydrogen-bond donors (Lipinski definition) is 1. The number of hydrogen-bond acceptors (Lipinski definition) is 8. The van der Waals surface area contributed by atoms with E-state index in [9.17, 15) is 14.0 Å². The smallest absolute Gasteiger partial charge is 0.295 e. The number of carbonyl (C=O) groups excluding carboxylic acids is 2. The van der Waals surface area contributed by atoms with Gasteiger partial charge in [-0.15, -0.1) is 5.10 Å². The lowest BCUT2D eigenvalue weighted by molar-refractivity contribution is -0.130. The number of carbonyl (C=O) groups is 2. The minimum Gasteiger partial charge on any atom is -0.466 e. The van der Waals surface area contributed by atoms with E-state index in [0.717, 1.165) is 0 Å². The molecule has 11 heteroatoms. The summed E-state index contributed by atoms with van der Waals surface area (Å²) in [5, 5.41) is 11.2. The highest BCUT2D eigenvalue weighted by atomic mass is 32.2. The molecule has 0 bridgehead atoms. The summed E-state index contributed by atoms with van der Waals surface area (Å²) in [7, 11) is 0. The molecular weight excluding hydrogens is 429 g/mol. The first-order valence-electron chi connectivity index (χ1n) is 9.57. The van der Waals surface area contributed by atoms with Gasteiger partial charge in [-0.25, -0.2) is 4.39 Å². The third-order valence-electron chi connectivity index (χ3n) is 4.26. The van der Waals surface area contributed by atoms with Crippen molar-refractivity contribution in [3.05, 3.63) is 30.1 Å². The maximum atomic E-state index is 12.9. The molecule has 1 aliphatic rings. The third kappa shape index (κ3) is 6.92. The monoisotopic (exact) mass is 453 g/mol. The predicted octanol–water partition coefficient (Wildman–Crippen LogP) is 2.34. The Labute approximate surface area is 182 Å². The van der Waals surface area contributed by atoms with Gasteiger partial charge >= 0.3 is 0 Å². The normalized spacial score (nSPS) is 14.7. The van der Waals surface area contributed by atoms with Crippen molar-refractivity contribution in [1.82, 2.24) is 20.0 Å². The molecule has 162 valence electrons. The van der Waals surface area contributed by atoms with Crippen LogP contribution in [0, 0.1) is 5.82 Å². The van der Waals surface area contributed by atoms with E-state index in [2.05, 4.69) is 15.5 Å². The van der Waals surface area contributed by atoms with E-state index in [1.54, 1.807) is 4.90 Å². The molecule has 0 atom stereocenters. The number of anilines is 1. The van der Waals surface area contributed by atoms with Gasteiger partial charge in [0.1, 0.15) is 5.82 Å². The van der Waals surface area contributed by atoms with Crippen LogP contribution in [0.3, 0.4) is 0 Å². The molecular formula is C19H24FN5O3S2. The van der Waals surface area contributed by atoms with Gasteiger partial charge < -0.3 is 15.0 Å². The highest BCUT2D eigenvalue weighted by molar-refractivity contribution is 8.01. The summed E-state index contributed by atoms with van der Waals surface area (Å²) in [6.07, 6.45) is 0.0338. The standard InChI is InChI=1S/C19H24FN5O3S2/c1-13(2)28-18-22-23-19(30-18)29-12-17(27)25-9-7-24(8-10-25)11-16(26)21-15-5-3-14(20)4-6-15/h3-6,13H,7-12H2,1-2H3,(H,21,26). The van der Waals surface area contributed by atoms with Gasteiger partial charge in [-0.2, -0.15) is 0 Å². The zero-order valence-electron chi connectivity index (χ0n) is 16.8. The van der Waals surface area contributed by atoms with E-state index >= 15 is 0 Å². The van der Waals surface area contributed by atoms with Crippen molar-refractivity contribution in [3.8, 4) is 5.19 Å². The topological polar surface area (TPSA) is 87.7 Å². The number of aromatic nitrogens is 2. The zero-order chi connectivity index (χ0) is 21.5. The molecule has 8 nitrogen and oxygen atoms in total. The second-order valence-corrected chi connectivity index (χ2v) is 9.16. The largest absolute Gasteiger partial charge is 0.466 e. The maximum absolute atomic E-state index is 12.9. The van der Waals surface area contributed by atoms with Gasteiger partial charge in [0.25, 0.3) is 5.19 Å². The molecule has 1 aromatic carbocycles. The minimum atomic E-state index is -0.345. The van der Waals surface area contributed by atoms with E-state index in [0.29, 0.717) is 47.2 Å². The molecule has 0 saturated carbocycles. The number of amides is 2. The van der Waals surface area contributed by atoms with Crippen molar-refractivity contribution in [2.45, 2.75) is 24.3 Å². The van der Waals surface area contributed by atoms with Gasteiger partial charge in [0.05, 0.1) is 18.4 Å². The molecule has 1 saturated heterocycles. The summed E-state index contributed by atoms with van der Waals surface area (Å²) < 4.78 is 19.1. The van der Waals surface area contributed by atoms with E-state index < -0.39 is 0 Å². The first-order chi connectivity index (χ1) is 14.4. The number of halogens is 1. The van der Waals surface area contributed by atoms with Gasteiger partial charge in [-0.05, 0) is 49.4 Å². The molecule has 0 spiro atoms. The Kier molecular flexibility index (Phi) is 8.00. The number of rotatable bonds is 8. The average molecular weight is 454 g/mol. The molecule has 3 rings (SSSR count). The van der Waals surface area contributed by atoms with E-state index in [-0.39, 0.29) is 30.3 Å². The first-order valence-corrected chi connectivity index (χ1v) is 11.4. The molecule has 2 aromatic rings. The summed E-state index contributed by atoms with van der Waals surface area (Å²) in [6.45, 7) is 6.46. The van der Waals surface area contributed by atoms with Crippen molar-refractivity contribution < 1.29 is 18.7 Å². The molecule has 1 aliphatic heterocycles. The van der Waals surface area contributed by atoms with E-state index in [1.807, 2.05) is 18.7 Å². The van der Waals surface area contributed by atoms with Crippen LogP contribution in [0.25, 0.3) is 0 Å². The lowest BCUT2D eigenvalue weighted by Crippen LogP contribution is -2.50. The summed E-state index contributed by atoms with van der Waals surface area (Å²) in [5.74, 6) is -0.173. The van der Waals surface area contributed by atoms with Crippen LogP contribution in [0.5, 0.6) is 5.19 Å². The number of nitrogens with one attached hydrogen (secondary N) is 1. The fourth-order valence-corrected chi connectivity index (χ4v) is 4.52. The summed E-state index contributed by atoms with van der Waals surface area (Å²) in [4.78, 5) is 28.4. The average Bonchev–Trinajstić information content (AvgIpc) is 3.15. The summed E-state index contributed by atoms with van der Waals surface area (Å²) in [5.41, 5.74) is 0.561. The van der Waals surface area contributed by atoms with Crippen LogP contribution in [0.4, 0.5) is 10.1 Å². The molecule has 2 amide bonds. The fraction of sp³-hybridized carbons (Fsp3) is 0.474. The Morgan fingerprint density at radius 1 is 1.20 bits per heavy atom. The van der Waals surface area contributed by atoms with Crippen LogP contribution in [0.15, 0.2) is 28.6 Å². The first kappa shape index (κ1) is 22.4. The van der Waals surface area contributed by atoms with E-state index in [4.69, 9.17) is 4.74 Å². The molecule has 0 aliphatic carbocycles. The predicted molar refractivity (Wildman–Crippen MR) is 114 cm³/mol. The Balaban J connectivity index is 1.37. The van der Waals surface area contributed by atoms with Crippen LogP contribution >= 0.6 is 23.1 Å².